The molecule has 1 unspecified atom stereocenters. The molecule has 0 aromatic carbocycles. The van der Waals surface area contributed by atoms with Crippen LogP contribution in [0.1, 0.15) is 30.7 Å². The van der Waals surface area contributed by atoms with Crippen LogP contribution in [0.2, 0.25) is 0 Å². The number of nitriles is 1. The number of rotatable bonds is 3. The molecule has 1 atom stereocenters. The number of nitrogens with one attached hydrogen (secondary N) is 1. The highest BCUT2D eigenvalue weighted by atomic mass is 15.2. The van der Waals surface area contributed by atoms with E-state index < -0.39 is 0 Å². The molecule has 0 saturated carbocycles. The summed E-state index contributed by atoms with van der Waals surface area (Å²) in [4.78, 5) is 10.7. The number of hydrogen-bond donors (Lipinski definition) is 1. The van der Waals surface area contributed by atoms with Crippen LogP contribution in [0.15, 0.2) is 6.07 Å². The van der Waals surface area contributed by atoms with E-state index in [2.05, 4.69) is 21.4 Å². The van der Waals surface area contributed by atoms with Crippen molar-refractivity contribution in [3.05, 3.63) is 17.5 Å². The average molecular weight is 245 g/mol. The topological polar surface area (TPSA) is 64.8 Å². The highest BCUT2D eigenvalue weighted by Gasteiger charge is 2.16. The van der Waals surface area contributed by atoms with Crippen molar-refractivity contribution < 1.29 is 0 Å². The summed E-state index contributed by atoms with van der Waals surface area (Å²) in [5, 5.41) is 12.4. The van der Waals surface area contributed by atoms with E-state index in [1.54, 1.807) is 6.07 Å². The van der Waals surface area contributed by atoms with Crippen molar-refractivity contribution in [2.45, 2.75) is 32.2 Å². The Morgan fingerprint density at radius 2 is 2.33 bits per heavy atom. The Bertz CT molecular complexity index is 445. The lowest BCUT2D eigenvalue weighted by molar-refractivity contribution is 0.402. The molecule has 96 valence electrons. The van der Waals surface area contributed by atoms with Crippen LogP contribution in [0.25, 0.3) is 0 Å². The molecule has 0 radical (unpaired) electrons. The number of aromatic nitrogens is 2. The minimum atomic E-state index is 0.431. The van der Waals surface area contributed by atoms with Gasteiger partial charge >= 0.3 is 0 Å². The summed E-state index contributed by atoms with van der Waals surface area (Å²) in [5.41, 5.74) is 1.26. The van der Waals surface area contributed by atoms with Gasteiger partial charge in [-0.25, -0.2) is 9.97 Å². The number of aryl methyl sites for hydroxylation is 1. The molecule has 0 aliphatic carbocycles. The molecule has 1 aliphatic rings. The van der Waals surface area contributed by atoms with Crippen LogP contribution in [0, 0.1) is 18.3 Å². The lowest BCUT2D eigenvalue weighted by Crippen LogP contribution is -2.43. The largest absolute Gasteiger partial charge is 0.342 e. The third-order valence-corrected chi connectivity index (χ3v) is 3.21. The summed E-state index contributed by atoms with van der Waals surface area (Å²) in [5.74, 6) is 0.638. The molecule has 18 heavy (non-hydrogen) atoms. The minimum absolute atomic E-state index is 0.431. The van der Waals surface area contributed by atoms with Gasteiger partial charge in [0, 0.05) is 25.3 Å². The van der Waals surface area contributed by atoms with Crippen molar-refractivity contribution in [2.24, 2.45) is 0 Å². The quantitative estimate of drug-likeness (QED) is 0.867. The number of nitrogens with zero attached hydrogens (tertiary/aromatic N) is 4. The summed E-state index contributed by atoms with van der Waals surface area (Å²) in [6.45, 7) is 3.86. The predicted molar refractivity (Wildman–Crippen MR) is 70.4 cm³/mol. The van der Waals surface area contributed by atoms with Crippen molar-refractivity contribution in [2.75, 3.05) is 25.0 Å². The molecule has 1 fully saturated rings. The first-order valence-electron chi connectivity index (χ1n) is 6.39. The molecule has 2 rings (SSSR count). The third-order valence-electron chi connectivity index (χ3n) is 3.21. The molecule has 0 spiro atoms. The van der Waals surface area contributed by atoms with Crippen LogP contribution in [-0.2, 0) is 0 Å². The first kappa shape index (κ1) is 12.8. The number of piperidine rings is 1. The second kappa shape index (κ2) is 5.78. The fraction of sp³-hybridized carbons (Fsp3) is 0.615. The number of hydrogen-bond acceptors (Lipinski definition) is 5. The minimum Gasteiger partial charge on any atom is -0.342 e. The van der Waals surface area contributed by atoms with E-state index in [1.807, 2.05) is 18.9 Å². The Morgan fingerprint density at radius 1 is 1.50 bits per heavy atom. The second-order valence-corrected chi connectivity index (χ2v) is 4.83. The van der Waals surface area contributed by atoms with Gasteiger partial charge in [0.15, 0.2) is 0 Å². The van der Waals surface area contributed by atoms with E-state index in [1.165, 1.54) is 19.3 Å². The zero-order chi connectivity index (χ0) is 13.0. The van der Waals surface area contributed by atoms with Gasteiger partial charge in [-0.1, -0.05) is 6.42 Å². The number of anilines is 1. The Balaban J connectivity index is 2.05. The Kier molecular flexibility index (Phi) is 4.11. The van der Waals surface area contributed by atoms with Crippen molar-refractivity contribution in [3.8, 4) is 6.07 Å². The van der Waals surface area contributed by atoms with Gasteiger partial charge in [-0.3, -0.25) is 0 Å². The molecule has 0 amide bonds. The van der Waals surface area contributed by atoms with Gasteiger partial charge in [-0.05, 0) is 32.4 Å². The van der Waals surface area contributed by atoms with Gasteiger partial charge < -0.3 is 10.2 Å². The van der Waals surface area contributed by atoms with Gasteiger partial charge in [-0.15, -0.1) is 0 Å². The Morgan fingerprint density at radius 3 is 3.00 bits per heavy atom. The van der Waals surface area contributed by atoms with Crippen molar-refractivity contribution in [1.29, 1.82) is 5.26 Å². The molecular weight excluding hydrogens is 226 g/mol. The molecule has 1 aliphatic heterocycles. The summed E-state index contributed by atoms with van der Waals surface area (Å²) in [7, 11) is 1.98. The van der Waals surface area contributed by atoms with Gasteiger partial charge in [0.1, 0.15) is 11.8 Å². The monoisotopic (exact) mass is 245 g/mol. The first-order chi connectivity index (χ1) is 8.69. The van der Waals surface area contributed by atoms with E-state index in [4.69, 9.17) is 5.26 Å². The number of likely N-dealkylation sites (N-methyl/N-ethyl adjacent to an activating group) is 1. The van der Waals surface area contributed by atoms with E-state index in [0.29, 0.717) is 17.7 Å². The summed E-state index contributed by atoms with van der Waals surface area (Å²) in [6.07, 6.45) is 3.74. The van der Waals surface area contributed by atoms with Crippen LogP contribution in [-0.4, -0.2) is 36.1 Å². The summed E-state index contributed by atoms with van der Waals surface area (Å²) >= 11 is 0. The summed E-state index contributed by atoms with van der Waals surface area (Å²) in [6, 6.07) is 4.28. The normalized spacial score (nSPS) is 19.3. The van der Waals surface area contributed by atoms with Crippen molar-refractivity contribution in [1.82, 2.24) is 15.3 Å². The molecule has 0 bridgehead atoms. The zero-order valence-electron chi connectivity index (χ0n) is 11.0. The Hall–Kier alpha value is -1.67. The van der Waals surface area contributed by atoms with Crippen molar-refractivity contribution in [3.63, 3.8) is 0 Å². The second-order valence-electron chi connectivity index (χ2n) is 4.83. The first-order valence-corrected chi connectivity index (χ1v) is 6.39. The SMILES string of the molecule is Cc1cc(C#N)nc(N(C)CC2CCCCN2)n1. The standard InChI is InChI=1S/C13H19N5/c1-10-7-12(8-14)17-13(16-10)18(2)9-11-5-3-4-6-15-11/h7,11,15H,3-6,9H2,1-2H3. The molecule has 5 heteroatoms. The van der Waals surface area contributed by atoms with Crippen LogP contribution in [0.5, 0.6) is 0 Å². The highest BCUT2D eigenvalue weighted by molar-refractivity contribution is 5.35. The fourth-order valence-electron chi connectivity index (χ4n) is 2.27. The van der Waals surface area contributed by atoms with E-state index in [0.717, 1.165) is 18.8 Å². The molecule has 1 N–H and O–H groups in total. The average Bonchev–Trinajstić information content (AvgIpc) is 2.39. The molecule has 2 heterocycles. The molecule has 1 saturated heterocycles. The van der Waals surface area contributed by atoms with E-state index >= 15 is 0 Å². The van der Waals surface area contributed by atoms with Crippen molar-refractivity contribution >= 4 is 5.95 Å². The van der Waals surface area contributed by atoms with Crippen LogP contribution in [0.3, 0.4) is 0 Å². The van der Waals surface area contributed by atoms with Crippen LogP contribution < -0.4 is 10.2 Å². The molecule has 1 aromatic heterocycles. The smallest absolute Gasteiger partial charge is 0.226 e. The van der Waals surface area contributed by atoms with Gasteiger partial charge in [0.05, 0.1) is 0 Å². The van der Waals surface area contributed by atoms with E-state index in [-0.39, 0.29) is 0 Å². The maximum absolute atomic E-state index is 8.92. The summed E-state index contributed by atoms with van der Waals surface area (Å²) < 4.78 is 0. The highest BCUT2D eigenvalue weighted by Crippen LogP contribution is 2.12. The predicted octanol–water partition coefficient (Wildman–Crippen LogP) is 1.23. The third kappa shape index (κ3) is 3.17. The van der Waals surface area contributed by atoms with Crippen LogP contribution >= 0.6 is 0 Å². The lowest BCUT2D eigenvalue weighted by atomic mass is 10.0. The van der Waals surface area contributed by atoms with E-state index in [9.17, 15) is 0 Å². The lowest BCUT2D eigenvalue weighted by Gasteiger charge is -2.28. The molecule has 1 aromatic rings. The fourth-order valence-corrected chi connectivity index (χ4v) is 2.27. The maximum atomic E-state index is 8.92. The van der Waals surface area contributed by atoms with Gasteiger partial charge in [-0.2, -0.15) is 5.26 Å². The maximum Gasteiger partial charge on any atom is 0.226 e. The van der Waals surface area contributed by atoms with Crippen LogP contribution in [0.4, 0.5) is 5.95 Å². The molecular formula is C13H19N5. The zero-order valence-corrected chi connectivity index (χ0v) is 11.0. The van der Waals surface area contributed by atoms with Gasteiger partial charge in [0.25, 0.3) is 0 Å². The van der Waals surface area contributed by atoms with Gasteiger partial charge in [0.2, 0.25) is 5.95 Å². The Labute approximate surface area is 108 Å². The molecule has 5 nitrogen and oxygen atoms in total.